The van der Waals surface area contributed by atoms with Crippen LogP contribution in [-0.2, 0) is 25.5 Å². The highest BCUT2D eigenvalue weighted by Gasteiger charge is 2.41. The van der Waals surface area contributed by atoms with Crippen molar-refractivity contribution in [2.75, 3.05) is 0 Å². The number of rotatable bonds is 9. The van der Waals surface area contributed by atoms with Crippen LogP contribution in [0.3, 0.4) is 0 Å². The minimum Gasteiger partial charge on any atom is -0.480 e. The Hall–Kier alpha value is -3.09. The van der Waals surface area contributed by atoms with Crippen molar-refractivity contribution in [2.45, 2.75) is 38.7 Å². The number of ether oxygens (including phenoxy) is 1. The van der Waals surface area contributed by atoms with Gasteiger partial charge in [-0.25, -0.2) is 4.39 Å². The molecule has 2 aromatic rings. The number of carbonyl (C=O) groups excluding carboxylic acids is 2. The number of nitrogens with zero attached hydrogens (tertiary/aromatic N) is 1. The van der Waals surface area contributed by atoms with Crippen molar-refractivity contribution in [3.8, 4) is 0 Å². The first-order chi connectivity index (χ1) is 13.3. The summed E-state index contributed by atoms with van der Waals surface area (Å²) >= 11 is 0. The van der Waals surface area contributed by atoms with Crippen LogP contribution in [-0.4, -0.2) is 33.9 Å². The lowest BCUT2D eigenvalue weighted by Gasteiger charge is -2.21. The molecular formula is C21H22FNO5. The highest BCUT2D eigenvalue weighted by molar-refractivity contribution is 6.16. The van der Waals surface area contributed by atoms with Crippen LogP contribution in [0.15, 0.2) is 48.7 Å². The third-order valence-corrected chi connectivity index (χ3v) is 4.43. The average molecular weight is 387 g/mol. The molecule has 0 saturated carbocycles. The van der Waals surface area contributed by atoms with E-state index in [4.69, 9.17) is 4.74 Å². The Morgan fingerprint density at radius 1 is 1.14 bits per heavy atom. The summed E-state index contributed by atoms with van der Waals surface area (Å²) in [5, 5.41) is 9.50. The van der Waals surface area contributed by atoms with E-state index in [-0.39, 0.29) is 17.7 Å². The van der Waals surface area contributed by atoms with E-state index in [9.17, 15) is 23.9 Å². The summed E-state index contributed by atoms with van der Waals surface area (Å²) in [4.78, 5) is 41.2. The molecule has 7 heteroatoms. The van der Waals surface area contributed by atoms with Crippen LogP contribution in [0.2, 0.25) is 0 Å². The molecule has 1 heterocycles. The number of aromatic nitrogens is 1. The highest BCUT2D eigenvalue weighted by Crippen LogP contribution is 2.26. The average Bonchev–Trinajstić information content (AvgIpc) is 2.67. The van der Waals surface area contributed by atoms with Crippen LogP contribution in [0.1, 0.15) is 37.4 Å². The number of carboxylic acid groups (broad SMARTS) is 1. The molecule has 0 aliphatic heterocycles. The number of carboxylic acids is 1. The monoisotopic (exact) mass is 387 g/mol. The predicted octanol–water partition coefficient (Wildman–Crippen LogP) is 3.16. The zero-order chi connectivity index (χ0) is 20.7. The first kappa shape index (κ1) is 21.2. The molecule has 0 aliphatic rings. The molecule has 1 aromatic heterocycles. The fourth-order valence-corrected chi connectivity index (χ4v) is 2.71. The molecule has 0 bridgehead atoms. The van der Waals surface area contributed by atoms with Gasteiger partial charge in [0.1, 0.15) is 5.82 Å². The first-order valence-corrected chi connectivity index (χ1v) is 8.96. The van der Waals surface area contributed by atoms with Gasteiger partial charge in [0.25, 0.3) is 0 Å². The van der Waals surface area contributed by atoms with Gasteiger partial charge < -0.3 is 9.84 Å². The van der Waals surface area contributed by atoms with Crippen LogP contribution < -0.4 is 0 Å². The van der Waals surface area contributed by atoms with Crippen LogP contribution in [0.25, 0.3) is 0 Å². The SMILES string of the molecule is CCC(C)OC(=O)C(C(=O)O)C(=O)C(Cc1ccccc1F)c1ccccn1. The van der Waals surface area contributed by atoms with E-state index >= 15 is 0 Å². The Labute approximate surface area is 162 Å². The highest BCUT2D eigenvalue weighted by atomic mass is 19.1. The van der Waals surface area contributed by atoms with Gasteiger partial charge >= 0.3 is 11.9 Å². The van der Waals surface area contributed by atoms with Crippen LogP contribution in [0.4, 0.5) is 4.39 Å². The number of carbonyl (C=O) groups is 3. The second-order valence-electron chi connectivity index (χ2n) is 6.43. The smallest absolute Gasteiger partial charge is 0.328 e. The number of pyridine rings is 1. The van der Waals surface area contributed by atoms with Crippen LogP contribution in [0.5, 0.6) is 0 Å². The van der Waals surface area contributed by atoms with Crippen LogP contribution >= 0.6 is 0 Å². The third-order valence-electron chi connectivity index (χ3n) is 4.43. The van der Waals surface area contributed by atoms with Gasteiger partial charge in [-0.05, 0) is 43.5 Å². The number of halogens is 1. The van der Waals surface area contributed by atoms with E-state index < -0.39 is 41.5 Å². The molecule has 2 rings (SSSR count). The van der Waals surface area contributed by atoms with E-state index in [1.807, 2.05) is 0 Å². The topological polar surface area (TPSA) is 93.6 Å². The molecule has 3 unspecified atom stereocenters. The summed E-state index contributed by atoms with van der Waals surface area (Å²) in [5.41, 5.74) is 0.490. The van der Waals surface area contributed by atoms with E-state index in [1.165, 1.54) is 24.4 Å². The lowest BCUT2D eigenvalue weighted by atomic mass is 9.85. The van der Waals surface area contributed by atoms with Gasteiger partial charge in [0, 0.05) is 6.20 Å². The number of benzene rings is 1. The second-order valence-corrected chi connectivity index (χ2v) is 6.43. The van der Waals surface area contributed by atoms with Crippen molar-refractivity contribution in [1.29, 1.82) is 0 Å². The van der Waals surface area contributed by atoms with Crippen molar-refractivity contribution in [1.82, 2.24) is 4.98 Å². The van der Waals surface area contributed by atoms with Gasteiger partial charge in [0.05, 0.1) is 17.7 Å². The van der Waals surface area contributed by atoms with Gasteiger partial charge in [-0.3, -0.25) is 19.4 Å². The molecule has 6 nitrogen and oxygen atoms in total. The predicted molar refractivity (Wildman–Crippen MR) is 99.1 cm³/mol. The summed E-state index contributed by atoms with van der Waals surface area (Å²) in [7, 11) is 0. The van der Waals surface area contributed by atoms with Crippen molar-refractivity contribution < 1.29 is 28.6 Å². The molecule has 1 aromatic carbocycles. The number of aliphatic carboxylic acids is 1. The van der Waals surface area contributed by atoms with Crippen molar-refractivity contribution >= 4 is 17.7 Å². The van der Waals surface area contributed by atoms with E-state index in [0.717, 1.165) is 0 Å². The molecule has 148 valence electrons. The van der Waals surface area contributed by atoms with Crippen molar-refractivity contribution in [3.05, 3.63) is 65.7 Å². The fraction of sp³-hybridized carbons (Fsp3) is 0.333. The van der Waals surface area contributed by atoms with E-state index in [2.05, 4.69) is 4.98 Å². The molecule has 0 fully saturated rings. The molecule has 1 N–H and O–H groups in total. The standard InChI is InChI=1S/C21H22FNO5/c1-3-13(2)28-21(27)18(20(25)26)19(24)15(17-10-6-7-11-23-17)12-14-8-4-5-9-16(14)22/h4-11,13,15,18H,3,12H2,1-2H3,(H,25,26). The number of ketones is 1. The molecule has 0 saturated heterocycles. The minimum atomic E-state index is -2.01. The van der Waals surface area contributed by atoms with Crippen molar-refractivity contribution in [3.63, 3.8) is 0 Å². The summed E-state index contributed by atoms with van der Waals surface area (Å²) in [6.07, 6.45) is 1.28. The molecular weight excluding hydrogens is 365 g/mol. The summed E-state index contributed by atoms with van der Waals surface area (Å²) < 4.78 is 19.2. The Morgan fingerprint density at radius 3 is 2.39 bits per heavy atom. The van der Waals surface area contributed by atoms with Gasteiger partial charge in [-0.1, -0.05) is 31.2 Å². The molecule has 28 heavy (non-hydrogen) atoms. The third kappa shape index (κ3) is 5.22. The lowest BCUT2D eigenvalue weighted by Crippen LogP contribution is -2.38. The van der Waals surface area contributed by atoms with E-state index in [1.54, 1.807) is 38.1 Å². The summed E-state index contributed by atoms with van der Waals surface area (Å²) in [6.45, 7) is 3.38. The molecule has 0 radical (unpaired) electrons. The molecule has 3 atom stereocenters. The number of esters is 1. The Morgan fingerprint density at radius 2 is 1.82 bits per heavy atom. The normalized spacial score (nSPS) is 14.0. The Kier molecular flexibility index (Phi) is 7.37. The largest absolute Gasteiger partial charge is 0.480 e. The Balaban J connectivity index is 2.40. The summed E-state index contributed by atoms with van der Waals surface area (Å²) in [5.74, 6) is -7.25. The number of hydrogen-bond donors (Lipinski definition) is 1. The maximum Gasteiger partial charge on any atom is 0.328 e. The van der Waals surface area contributed by atoms with Crippen molar-refractivity contribution in [2.24, 2.45) is 5.92 Å². The van der Waals surface area contributed by atoms with Gasteiger partial charge in [-0.2, -0.15) is 0 Å². The van der Waals surface area contributed by atoms with Gasteiger partial charge in [-0.15, -0.1) is 0 Å². The van der Waals surface area contributed by atoms with Crippen LogP contribution in [0, 0.1) is 11.7 Å². The van der Waals surface area contributed by atoms with E-state index in [0.29, 0.717) is 6.42 Å². The quantitative estimate of drug-likeness (QED) is 0.525. The van der Waals surface area contributed by atoms with Gasteiger partial charge in [0.15, 0.2) is 5.78 Å². The molecule has 0 aliphatic carbocycles. The van der Waals surface area contributed by atoms with Gasteiger partial charge in [0.2, 0.25) is 5.92 Å². The molecule has 0 amide bonds. The lowest BCUT2D eigenvalue weighted by molar-refractivity contribution is -0.164. The zero-order valence-corrected chi connectivity index (χ0v) is 15.7. The fourth-order valence-electron chi connectivity index (χ4n) is 2.71. The molecule has 0 spiro atoms. The second kappa shape index (κ2) is 9.73. The Bertz CT molecular complexity index is 840. The number of Topliss-reactive ketones (excluding diaryl/α,β-unsaturated/α-hetero) is 1. The first-order valence-electron chi connectivity index (χ1n) is 8.96. The number of hydrogen-bond acceptors (Lipinski definition) is 5. The zero-order valence-electron chi connectivity index (χ0n) is 15.7. The summed E-state index contributed by atoms with van der Waals surface area (Å²) in [6, 6.07) is 10.7. The maximum atomic E-state index is 14.1. The maximum absolute atomic E-state index is 14.1. The minimum absolute atomic E-state index is 0.122.